The second kappa shape index (κ2) is 11.2. The lowest BCUT2D eigenvalue weighted by atomic mass is 9.97. The van der Waals surface area contributed by atoms with Crippen LogP contribution < -0.4 is 0 Å². The van der Waals surface area contributed by atoms with Gasteiger partial charge in [0.2, 0.25) is 0 Å². The maximum absolute atomic E-state index is 10.7. The molecule has 0 fully saturated rings. The Morgan fingerprint density at radius 3 is 1.25 bits per heavy atom. The Balaban J connectivity index is 1.32. The van der Waals surface area contributed by atoms with E-state index in [0.29, 0.717) is 5.56 Å². The van der Waals surface area contributed by atoms with Crippen molar-refractivity contribution in [1.82, 2.24) is 23.3 Å². The Bertz CT molecular complexity index is 3480. The Morgan fingerprint density at radius 2 is 0.786 bits per heavy atom. The quantitative estimate of drug-likeness (QED) is 0.183. The fourth-order valence-corrected chi connectivity index (χ4v) is 9.78. The predicted octanol–water partition coefficient (Wildman–Crippen LogP) is 12.1. The molecule has 0 unspecified atom stereocenters. The molecular formula is C50H32N6. The van der Waals surface area contributed by atoms with Crippen LogP contribution in [-0.2, 0) is 14.1 Å². The van der Waals surface area contributed by atoms with Crippen LogP contribution in [0.25, 0.3) is 110 Å². The van der Waals surface area contributed by atoms with E-state index in [1.54, 1.807) is 0 Å². The van der Waals surface area contributed by atoms with Crippen LogP contribution in [0.4, 0.5) is 0 Å². The number of hydrogen-bond acceptors (Lipinski definition) is 2. The lowest BCUT2D eigenvalue weighted by Crippen LogP contribution is -2.06. The summed E-state index contributed by atoms with van der Waals surface area (Å²) in [4.78, 5) is 5.12. The molecule has 0 N–H and O–H groups in total. The van der Waals surface area contributed by atoms with Crippen LogP contribution in [0.5, 0.6) is 0 Å². The normalized spacial score (nSPS) is 12.1. The number of pyridine rings is 1. The minimum atomic E-state index is 0.604. The summed E-state index contributed by atoms with van der Waals surface area (Å²) in [5.41, 5.74) is 13.2. The Labute approximate surface area is 320 Å². The molecule has 0 aliphatic carbocycles. The van der Waals surface area contributed by atoms with Crippen molar-refractivity contribution >= 4 is 87.2 Å². The third kappa shape index (κ3) is 3.86. The van der Waals surface area contributed by atoms with Crippen LogP contribution in [-0.4, -0.2) is 23.3 Å². The zero-order chi connectivity index (χ0) is 37.2. The van der Waals surface area contributed by atoms with Crippen molar-refractivity contribution in [3.8, 4) is 28.6 Å². The van der Waals surface area contributed by atoms with E-state index in [4.69, 9.17) is 4.98 Å². The first-order chi connectivity index (χ1) is 27.6. The van der Waals surface area contributed by atoms with Crippen molar-refractivity contribution < 1.29 is 0 Å². The molecule has 0 atom stereocenters. The molecule has 56 heavy (non-hydrogen) atoms. The third-order valence-corrected chi connectivity index (χ3v) is 12.1. The molecule has 0 radical (unpaired) electrons. The number of nitriles is 1. The first kappa shape index (κ1) is 30.8. The van der Waals surface area contributed by atoms with Gasteiger partial charge in [0.25, 0.3) is 0 Å². The topological polar surface area (TPSA) is 56.4 Å². The molecule has 6 heteroatoms. The van der Waals surface area contributed by atoms with Crippen molar-refractivity contribution in [1.29, 1.82) is 5.26 Å². The molecule has 0 saturated carbocycles. The maximum Gasteiger partial charge on any atom is 0.0998 e. The van der Waals surface area contributed by atoms with E-state index in [-0.39, 0.29) is 0 Å². The molecule has 0 saturated heterocycles. The Kier molecular flexibility index (Phi) is 6.16. The number of aryl methyl sites for hydroxylation is 2. The number of rotatable bonds is 3. The molecule has 5 aromatic heterocycles. The molecule has 0 spiro atoms. The van der Waals surface area contributed by atoms with Gasteiger partial charge in [-0.05, 0) is 30.3 Å². The van der Waals surface area contributed by atoms with Crippen LogP contribution >= 0.6 is 0 Å². The van der Waals surface area contributed by atoms with Crippen molar-refractivity contribution in [2.45, 2.75) is 0 Å². The van der Waals surface area contributed by atoms with E-state index in [2.05, 4.69) is 166 Å². The minimum Gasteiger partial charge on any atom is -0.342 e. The van der Waals surface area contributed by atoms with Gasteiger partial charge < -0.3 is 18.3 Å². The van der Waals surface area contributed by atoms with Crippen LogP contribution in [0.1, 0.15) is 5.56 Å². The average molecular weight is 717 g/mol. The number of para-hydroxylation sites is 4. The summed E-state index contributed by atoms with van der Waals surface area (Å²) in [7, 11) is 4.33. The molecular weight excluding hydrogens is 685 g/mol. The van der Waals surface area contributed by atoms with Gasteiger partial charge >= 0.3 is 0 Å². The Morgan fingerprint density at radius 1 is 0.411 bits per heavy atom. The van der Waals surface area contributed by atoms with Crippen LogP contribution in [0.15, 0.2) is 158 Å². The second-order valence-corrected chi connectivity index (χ2v) is 14.8. The van der Waals surface area contributed by atoms with E-state index >= 15 is 0 Å². The third-order valence-electron chi connectivity index (χ3n) is 12.1. The summed E-state index contributed by atoms with van der Waals surface area (Å²) < 4.78 is 9.44. The fraction of sp³-hybridized carbons (Fsp3) is 0.0400. The van der Waals surface area contributed by atoms with Crippen LogP contribution in [0, 0.1) is 11.3 Å². The lowest BCUT2D eigenvalue weighted by Gasteiger charge is -2.20. The number of benzene rings is 7. The largest absolute Gasteiger partial charge is 0.342 e. The van der Waals surface area contributed by atoms with E-state index in [9.17, 15) is 5.26 Å². The zero-order valence-electron chi connectivity index (χ0n) is 30.7. The van der Waals surface area contributed by atoms with Gasteiger partial charge in [0, 0.05) is 79.3 Å². The zero-order valence-corrected chi connectivity index (χ0v) is 30.7. The van der Waals surface area contributed by atoms with Crippen molar-refractivity contribution in [3.05, 3.63) is 164 Å². The summed E-state index contributed by atoms with van der Waals surface area (Å²) in [5.74, 6) is 0. The highest BCUT2D eigenvalue weighted by Gasteiger charge is 2.27. The number of aromatic nitrogens is 5. The molecule has 262 valence electrons. The maximum atomic E-state index is 10.7. The number of fused-ring (bicyclic) bond motifs is 14. The second-order valence-electron chi connectivity index (χ2n) is 14.8. The van der Waals surface area contributed by atoms with Gasteiger partial charge in [0.1, 0.15) is 0 Å². The van der Waals surface area contributed by atoms with Crippen molar-refractivity contribution in [2.24, 2.45) is 14.1 Å². The number of nitrogens with zero attached hydrogens (tertiary/aromatic N) is 6. The summed E-state index contributed by atoms with van der Waals surface area (Å²) in [6.07, 6.45) is 3.97. The lowest BCUT2D eigenvalue weighted by molar-refractivity contribution is 1.01. The van der Waals surface area contributed by atoms with E-state index in [1.165, 1.54) is 32.6 Å². The summed E-state index contributed by atoms with van der Waals surface area (Å²) in [6.45, 7) is 0. The molecule has 0 aliphatic rings. The fourth-order valence-electron chi connectivity index (χ4n) is 9.78. The molecule has 5 heterocycles. The molecule has 0 bridgehead atoms. The highest BCUT2D eigenvalue weighted by Crippen LogP contribution is 2.46. The molecule has 0 aliphatic heterocycles. The highest BCUT2D eigenvalue weighted by atomic mass is 15.1. The van der Waals surface area contributed by atoms with E-state index in [1.807, 2.05) is 30.6 Å². The molecule has 7 aromatic carbocycles. The minimum absolute atomic E-state index is 0.604. The SMILES string of the molecule is Cn1c2ccccc2c2ccc3c4ccccc4n(-c4cncc(-n5c6ccccc6c6ccc7c8ccccc8n(C)c7c65)c4-c4ccccc4C#N)c3c21. The van der Waals surface area contributed by atoms with Crippen LogP contribution in [0.3, 0.4) is 0 Å². The van der Waals surface area contributed by atoms with Gasteiger partial charge in [-0.3, -0.25) is 4.98 Å². The van der Waals surface area contributed by atoms with E-state index < -0.39 is 0 Å². The summed E-state index contributed by atoms with van der Waals surface area (Å²) in [6, 6.07) is 54.2. The molecule has 0 amide bonds. The van der Waals surface area contributed by atoms with Gasteiger partial charge in [-0.15, -0.1) is 0 Å². The summed E-state index contributed by atoms with van der Waals surface area (Å²) >= 11 is 0. The van der Waals surface area contributed by atoms with Gasteiger partial charge in [-0.1, -0.05) is 115 Å². The van der Waals surface area contributed by atoms with Gasteiger partial charge in [0.15, 0.2) is 0 Å². The molecule has 12 aromatic rings. The monoisotopic (exact) mass is 716 g/mol. The van der Waals surface area contributed by atoms with Gasteiger partial charge in [-0.2, -0.15) is 5.26 Å². The predicted molar refractivity (Wildman–Crippen MR) is 231 cm³/mol. The van der Waals surface area contributed by atoms with Crippen molar-refractivity contribution in [3.63, 3.8) is 0 Å². The van der Waals surface area contributed by atoms with Gasteiger partial charge in [-0.25, -0.2) is 0 Å². The average Bonchev–Trinajstić information content (AvgIpc) is 3.95. The van der Waals surface area contributed by atoms with Gasteiger partial charge in [0.05, 0.1) is 68.5 Å². The first-order valence-corrected chi connectivity index (χ1v) is 18.9. The smallest absolute Gasteiger partial charge is 0.0998 e. The molecule has 12 rings (SSSR count). The standard InChI is InChI=1S/C50H32N6/c1-53-40-19-9-5-15-32(40)36-23-25-38-34-17-7-11-21-42(34)55(49(38)47(36)53)44-28-52-29-45(46(44)31-14-4-3-13-30(31)27-51)56-43-22-12-8-18-35(43)39-26-24-37-33-16-6-10-20-41(33)54(2)48(37)50(39)56/h3-26,28-29H,1-2H3. The summed E-state index contributed by atoms with van der Waals surface area (Å²) in [5, 5.41) is 20.2. The number of hydrogen-bond donors (Lipinski definition) is 0. The van der Waals surface area contributed by atoms with Crippen LogP contribution in [0.2, 0.25) is 0 Å². The Hall–Kier alpha value is -7.62. The highest BCUT2D eigenvalue weighted by molar-refractivity contribution is 6.25. The van der Waals surface area contributed by atoms with E-state index in [0.717, 1.165) is 77.1 Å². The van der Waals surface area contributed by atoms with Crippen molar-refractivity contribution in [2.75, 3.05) is 0 Å². The molecule has 6 nitrogen and oxygen atoms in total. The first-order valence-electron chi connectivity index (χ1n) is 18.9.